The van der Waals surface area contributed by atoms with Crippen LogP contribution in [0.5, 0.6) is 0 Å². The van der Waals surface area contributed by atoms with Gasteiger partial charge in [-0.3, -0.25) is 9.88 Å². The summed E-state index contributed by atoms with van der Waals surface area (Å²) in [6, 6.07) is 7.07. The molecule has 0 saturated carbocycles. The van der Waals surface area contributed by atoms with Crippen LogP contribution in [0.25, 0.3) is 11.3 Å². The average molecular weight is 380 g/mol. The van der Waals surface area contributed by atoms with Crippen molar-refractivity contribution in [3.63, 3.8) is 0 Å². The highest BCUT2D eigenvalue weighted by atomic mass is 19.1. The van der Waals surface area contributed by atoms with Gasteiger partial charge in [-0.05, 0) is 36.2 Å². The Kier molecular flexibility index (Phi) is 5.39. The first-order chi connectivity index (χ1) is 13.6. The molecule has 0 fully saturated rings. The first kappa shape index (κ1) is 18.6. The smallest absolute Gasteiger partial charge is 0.132 e. The van der Waals surface area contributed by atoms with Crippen molar-refractivity contribution in [2.45, 2.75) is 39.3 Å². The number of hydrogen-bond donors (Lipinski definition) is 0. The Labute approximate surface area is 163 Å². The molecule has 2 aromatic heterocycles. The van der Waals surface area contributed by atoms with Gasteiger partial charge >= 0.3 is 0 Å². The molecule has 0 spiro atoms. The second-order valence-electron chi connectivity index (χ2n) is 7.14. The number of aromatic nitrogens is 3. The van der Waals surface area contributed by atoms with E-state index in [1.165, 1.54) is 11.6 Å². The predicted octanol–water partition coefficient (Wildman–Crippen LogP) is 4.33. The minimum Gasteiger partial charge on any atom is -0.294 e. The molecular formula is C22H22F2N4. The predicted molar refractivity (Wildman–Crippen MR) is 103 cm³/mol. The molecule has 0 saturated heterocycles. The Bertz CT molecular complexity index is 973. The van der Waals surface area contributed by atoms with E-state index in [-0.39, 0.29) is 5.56 Å². The zero-order valence-electron chi connectivity index (χ0n) is 15.8. The molecule has 0 radical (unpaired) electrons. The van der Waals surface area contributed by atoms with Crippen molar-refractivity contribution in [1.29, 1.82) is 0 Å². The Hall–Kier alpha value is -2.73. The number of rotatable bonds is 5. The summed E-state index contributed by atoms with van der Waals surface area (Å²) in [6.45, 7) is 4.61. The fraction of sp³-hybridized carbons (Fsp3) is 0.318. The summed E-state index contributed by atoms with van der Waals surface area (Å²) in [4.78, 5) is 15.8. The highest BCUT2D eigenvalue weighted by Gasteiger charge is 2.18. The molecule has 0 N–H and O–H groups in total. The Morgan fingerprint density at radius 2 is 1.96 bits per heavy atom. The van der Waals surface area contributed by atoms with Crippen molar-refractivity contribution in [3.05, 3.63) is 77.0 Å². The minimum absolute atomic E-state index is 0.179. The van der Waals surface area contributed by atoms with E-state index < -0.39 is 11.6 Å². The Morgan fingerprint density at radius 1 is 1.07 bits per heavy atom. The number of benzene rings is 1. The van der Waals surface area contributed by atoms with E-state index in [2.05, 4.69) is 26.8 Å². The molecule has 1 aliphatic rings. The van der Waals surface area contributed by atoms with Crippen molar-refractivity contribution in [1.82, 2.24) is 19.9 Å². The van der Waals surface area contributed by atoms with Crippen molar-refractivity contribution in [2.75, 3.05) is 6.54 Å². The van der Waals surface area contributed by atoms with Crippen LogP contribution < -0.4 is 0 Å². The molecule has 28 heavy (non-hydrogen) atoms. The van der Waals surface area contributed by atoms with E-state index in [9.17, 15) is 8.78 Å². The van der Waals surface area contributed by atoms with E-state index in [0.717, 1.165) is 68.1 Å². The van der Waals surface area contributed by atoms with Crippen molar-refractivity contribution < 1.29 is 8.78 Å². The molecule has 144 valence electrons. The summed E-state index contributed by atoms with van der Waals surface area (Å²) in [5, 5.41) is 0. The minimum atomic E-state index is -0.475. The van der Waals surface area contributed by atoms with Gasteiger partial charge in [0.05, 0.1) is 5.69 Å². The van der Waals surface area contributed by atoms with E-state index in [1.54, 1.807) is 12.3 Å². The number of pyridine rings is 1. The van der Waals surface area contributed by atoms with E-state index in [0.29, 0.717) is 5.69 Å². The van der Waals surface area contributed by atoms with Crippen LogP contribution in [0.1, 0.15) is 36.0 Å². The summed E-state index contributed by atoms with van der Waals surface area (Å²) in [5.74, 6) is -0.0191. The third-order valence-electron chi connectivity index (χ3n) is 4.97. The molecule has 0 atom stereocenters. The van der Waals surface area contributed by atoms with Gasteiger partial charge in [0.1, 0.15) is 17.5 Å². The first-order valence-corrected chi connectivity index (χ1v) is 9.58. The summed E-state index contributed by atoms with van der Waals surface area (Å²) in [7, 11) is 0. The van der Waals surface area contributed by atoms with Gasteiger partial charge in [-0.25, -0.2) is 18.7 Å². The van der Waals surface area contributed by atoms with Gasteiger partial charge in [-0.15, -0.1) is 0 Å². The molecule has 4 rings (SSSR count). The van der Waals surface area contributed by atoms with Gasteiger partial charge < -0.3 is 0 Å². The quantitative estimate of drug-likeness (QED) is 0.661. The van der Waals surface area contributed by atoms with E-state index in [4.69, 9.17) is 0 Å². The second-order valence-corrected chi connectivity index (χ2v) is 7.14. The molecule has 3 heterocycles. The lowest BCUT2D eigenvalue weighted by molar-refractivity contribution is 0.242. The summed E-state index contributed by atoms with van der Waals surface area (Å²) < 4.78 is 27.3. The molecule has 6 heteroatoms. The Morgan fingerprint density at radius 3 is 2.75 bits per heavy atom. The molecule has 0 bridgehead atoms. The summed E-state index contributed by atoms with van der Waals surface area (Å²) in [5.41, 5.74) is 3.98. The van der Waals surface area contributed by atoms with E-state index in [1.807, 2.05) is 12.3 Å². The average Bonchev–Trinajstić information content (AvgIpc) is 2.71. The Balaban J connectivity index is 1.44. The van der Waals surface area contributed by atoms with Gasteiger partial charge in [-0.1, -0.05) is 13.0 Å². The number of halogens is 2. The van der Waals surface area contributed by atoms with Crippen LogP contribution in [-0.4, -0.2) is 26.4 Å². The lowest BCUT2D eigenvalue weighted by Gasteiger charge is -2.28. The lowest BCUT2D eigenvalue weighted by atomic mass is 10.1. The number of fused-ring (bicyclic) bond motifs is 1. The molecule has 0 unspecified atom stereocenters. The molecule has 3 aromatic rings. The van der Waals surface area contributed by atoms with Gasteiger partial charge in [0, 0.05) is 61.7 Å². The number of aryl methyl sites for hydroxylation is 1. The van der Waals surface area contributed by atoms with E-state index >= 15 is 0 Å². The molecular weight excluding hydrogens is 358 g/mol. The van der Waals surface area contributed by atoms with Crippen LogP contribution in [0.3, 0.4) is 0 Å². The highest BCUT2D eigenvalue weighted by Crippen LogP contribution is 2.23. The maximum absolute atomic E-state index is 13.9. The second kappa shape index (κ2) is 8.10. The van der Waals surface area contributed by atoms with Crippen molar-refractivity contribution in [3.8, 4) is 11.3 Å². The fourth-order valence-corrected chi connectivity index (χ4v) is 3.52. The third-order valence-corrected chi connectivity index (χ3v) is 4.97. The highest BCUT2D eigenvalue weighted by molar-refractivity contribution is 5.59. The number of nitrogens with zero attached hydrogens (tertiary/aromatic N) is 4. The maximum atomic E-state index is 13.9. The monoisotopic (exact) mass is 380 g/mol. The maximum Gasteiger partial charge on any atom is 0.132 e. The molecule has 0 aliphatic carbocycles. The van der Waals surface area contributed by atoms with Crippen LogP contribution in [0, 0.1) is 11.6 Å². The normalized spacial score (nSPS) is 14.1. The first-order valence-electron chi connectivity index (χ1n) is 9.58. The molecule has 0 amide bonds. The largest absolute Gasteiger partial charge is 0.294 e. The molecule has 1 aromatic carbocycles. The zero-order chi connectivity index (χ0) is 19.5. The number of hydrogen-bond acceptors (Lipinski definition) is 4. The lowest BCUT2D eigenvalue weighted by Crippen LogP contribution is -2.31. The van der Waals surface area contributed by atoms with Gasteiger partial charge in [0.2, 0.25) is 0 Å². The van der Waals surface area contributed by atoms with Crippen LogP contribution in [0.4, 0.5) is 8.78 Å². The molecule has 1 aliphatic heterocycles. The van der Waals surface area contributed by atoms with Gasteiger partial charge in [0.25, 0.3) is 0 Å². The van der Waals surface area contributed by atoms with Crippen LogP contribution in [0.15, 0.2) is 42.7 Å². The zero-order valence-corrected chi connectivity index (χ0v) is 15.8. The standard InChI is InChI=1S/C22H22F2N4/c1-2-3-22-26-12-16-14-28(9-8-20(16)27-22)13-15-4-7-21(25-11-15)18-10-17(23)5-6-19(18)24/h4-7,10-12H,2-3,8-9,13-14H2,1H3. The van der Waals surface area contributed by atoms with Crippen LogP contribution in [0.2, 0.25) is 0 Å². The fourth-order valence-electron chi connectivity index (χ4n) is 3.52. The summed E-state index contributed by atoms with van der Waals surface area (Å²) in [6.07, 6.45) is 6.56. The summed E-state index contributed by atoms with van der Waals surface area (Å²) >= 11 is 0. The van der Waals surface area contributed by atoms with Crippen LogP contribution in [-0.2, 0) is 25.9 Å². The SMILES string of the molecule is CCCc1ncc2c(n1)CCN(Cc1ccc(-c3cc(F)ccc3F)nc1)C2. The third kappa shape index (κ3) is 4.07. The van der Waals surface area contributed by atoms with Gasteiger partial charge in [-0.2, -0.15) is 0 Å². The van der Waals surface area contributed by atoms with Crippen molar-refractivity contribution >= 4 is 0 Å². The van der Waals surface area contributed by atoms with Gasteiger partial charge in [0.15, 0.2) is 0 Å². The topological polar surface area (TPSA) is 41.9 Å². The molecule has 4 nitrogen and oxygen atoms in total. The van der Waals surface area contributed by atoms with Crippen LogP contribution >= 0.6 is 0 Å². The van der Waals surface area contributed by atoms with Crippen molar-refractivity contribution in [2.24, 2.45) is 0 Å².